The molecule has 0 spiro atoms. The fraction of sp³-hybridized carbons (Fsp3) is 0.385. The fourth-order valence-electron chi connectivity index (χ4n) is 4.29. The number of likely N-dealkylation sites (tertiary alicyclic amines) is 1. The van der Waals surface area contributed by atoms with Gasteiger partial charge in [0.1, 0.15) is 17.3 Å². The van der Waals surface area contributed by atoms with Gasteiger partial charge in [-0.2, -0.15) is 0 Å². The normalized spacial score (nSPS) is 19.3. The van der Waals surface area contributed by atoms with Gasteiger partial charge in [0.2, 0.25) is 0 Å². The van der Waals surface area contributed by atoms with Gasteiger partial charge in [-0.15, -0.1) is 0 Å². The van der Waals surface area contributed by atoms with E-state index in [0.29, 0.717) is 41.8 Å². The Bertz CT molecular complexity index is 1050. The lowest BCUT2D eigenvalue weighted by Gasteiger charge is -2.33. The first-order chi connectivity index (χ1) is 15.3. The molecule has 2 aliphatic heterocycles. The van der Waals surface area contributed by atoms with Crippen molar-refractivity contribution in [2.75, 3.05) is 24.6 Å². The highest BCUT2D eigenvalue weighted by atomic mass is 19.1. The molecule has 0 saturated carbocycles. The molecule has 2 aromatic rings. The summed E-state index contributed by atoms with van der Waals surface area (Å²) >= 11 is 0. The summed E-state index contributed by atoms with van der Waals surface area (Å²) in [6.07, 6.45) is 2.05. The number of hydrogen-bond acceptors (Lipinski definition) is 4. The first kappa shape index (κ1) is 22.1. The highest BCUT2D eigenvalue weighted by molar-refractivity contribution is 6.45. The summed E-state index contributed by atoms with van der Waals surface area (Å²) in [6, 6.07) is 12.9. The quantitative estimate of drug-likeness (QED) is 0.606. The van der Waals surface area contributed by atoms with Gasteiger partial charge >= 0.3 is 0 Å². The standard InChI is InChI=1S/C26H29FN2O3/c1-17(2)16-32-22-11-9-19(10-12-22)23-24(28-13-5-6-18(3)15-28)26(31)29(25(23)30)21-8-4-7-20(27)14-21/h4,7-12,14,17-18H,5-6,13,15-16H2,1-3H3. The lowest BCUT2D eigenvalue weighted by Crippen LogP contribution is -2.39. The van der Waals surface area contributed by atoms with E-state index in [1.165, 1.54) is 18.2 Å². The molecule has 168 valence electrons. The van der Waals surface area contributed by atoms with E-state index in [0.717, 1.165) is 30.0 Å². The maximum atomic E-state index is 13.9. The molecule has 1 saturated heterocycles. The molecular weight excluding hydrogens is 407 g/mol. The van der Waals surface area contributed by atoms with Crippen molar-refractivity contribution in [3.8, 4) is 5.75 Å². The molecule has 2 aromatic carbocycles. The first-order valence-electron chi connectivity index (χ1n) is 11.2. The third kappa shape index (κ3) is 4.40. The lowest BCUT2D eigenvalue weighted by molar-refractivity contribution is -0.120. The van der Waals surface area contributed by atoms with Gasteiger partial charge in [-0.3, -0.25) is 9.59 Å². The number of carbonyl (C=O) groups excluding carboxylic acids is 2. The molecular formula is C26H29FN2O3. The summed E-state index contributed by atoms with van der Waals surface area (Å²) < 4.78 is 19.6. The van der Waals surface area contributed by atoms with Crippen LogP contribution in [-0.4, -0.2) is 36.4 Å². The number of rotatable bonds is 6. The Balaban J connectivity index is 1.74. The van der Waals surface area contributed by atoms with Crippen molar-refractivity contribution in [2.45, 2.75) is 33.6 Å². The largest absolute Gasteiger partial charge is 0.493 e. The van der Waals surface area contributed by atoms with Crippen LogP contribution >= 0.6 is 0 Å². The molecule has 0 aliphatic carbocycles. The predicted molar refractivity (Wildman–Crippen MR) is 123 cm³/mol. The number of hydrogen-bond donors (Lipinski definition) is 0. The Labute approximate surface area is 188 Å². The van der Waals surface area contributed by atoms with Crippen LogP contribution in [-0.2, 0) is 9.59 Å². The topological polar surface area (TPSA) is 49.9 Å². The second-order valence-corrected chi connectivity index (χ2v) is 9.07. The zero-order chi connectivity index (χ0) is 22.8. The van der Waals surface area contributed by atoms with Gasteiger partial charge in [-0.1, -0.05) is 39.0 Å². The molecule has 1 unspecified atom stereocenters. The minimum atomic E-state index is -0.489. The minimum Gasteiger partial charge on any atom is -0.493 e. The molecule has 2 heterocycles. The number of anilines is 1. The van der Waals surface area contributed by atoms with Gasteiger partial charge in [-0.25, -0.2) is 9.29 Å². The number of nitrogens with zero attached hydrogens (tertiary/aromatic N) is 2. The van der Waals surface area contributed by atoms with Crippen molar-refractivity contribution in [1.82, 2.24) is 4.90 Å². The van der Waals surface area contributed by atoms with E-state index in [1.807, 2.05) is 29.2 Å². The molecule has 6 heteroatoms. The summed E-state index contributed by atoms with van der Waals surface area (Å²) in [4.78, 5) is 30.2. The lowest BCUT2D eigenvalue weighted by atomic mass is 9.97. The van der Waals surface area contributed by atoms with Crippen LogP contribution in [0.5, 0.6) is 5.75 Å². The molecule has 2 amide bonds. The predicted octanol–water partition coefficient (Wildman–Crippen LogP) is 4.88. The number of benzene rings is 2. The highest BCUT2D eigenvalue weighted by Crippen LogP contribution is 2.37. The number of imide groups is 1. The van der Waals surface area contributed by atoms with E-state index in [1.54, 1.807) is 6.07 Å². The summed E-state index contributed by atoms with van der Waals surface area (Å²) in [7, 11) is 0. The van der Waals surface area contributed by atoms with Crippen molar-refractivity contribution >= 4 is 23.1 Å². The Kier molecular flexibility index (Phi) is 6.31. The van der Waals surface area contributed by atoms with E-state index in [2.05, 4.69) is 20.8 Å². The van der Waals surface area contributed by atoms with E-state index in [-0.39, 0.29) is 5.69 Å². The van der Waals surface area contributed by atoms with E-state index in [4.69, 9.17) is 4.74 Å². The zero-order valence-electron chi connectivity index (χ0n) is 18.8. The second-order valence-electron chi connectivity index (χ2n) is 9.07. The summed E-state index contributed by atoms with van der Waals surface area (Å²) in [5.74, 6) is 0.232. The second kappa shape index (κ2) is 9.15. The van der Waals surface area contributed by atoms with Crippen molar-refractivity contribution in [1.29, 1.82) is 0 Å². The fourth-order valence-corrected chi connectivity index (χ4v) is 4.29. The number of ether oxygens (including phenoxy) is 1. The molecule has 1 atom stereocenters. The number of amides is 2. The SMILES string of the molecule is CC(C)COc1ccc(C2=C(N3CCCC(C)C3)C(=O)N(c3cccc(F)c3)C2=O)cc1. The Morgan fingerprint density at radius 3 is 2.50 bits per heavy atom. The van der Waals surface area contributed by atoms with Crippen LogP contribution in [0.1, 0.15) is 39.2 Å². The van der Waals surface area contributed by atoms with Crippen molar-refractivity contribution in [3.05, 3.63) is 65.6 Å². The van der Waals surface area contributed by atoms with Crippen LogP contribution < -0.4 is 9.64 Å². The molecule has 5 nitrogen and oxygen atoms in total. The average molecular weight is 437 g/mol. The van der Waals surface area contributed by atoms with Crippen LogP contribution in [0.25, 0.3) is 5.57 Å². The number of carbonyl (C=O) groups is 2. The Morgan fingerprint density at radius 2 is 1.84 bits per heavy atom. The molecule has 0 bridgehead atoms. The van der Waals surface area contributed by atoms with E-state index >= 15 is 0 Å². The molecule has 4 rings (SSSR count). The van der Waals surface area contributed by atoms with Gasteiger partial charge in [0.25, 0.3) is 11.8 Å². The molecule has 0 radical (unpaired) electrons. The third-order valence-electron chi connectivity index (χ3n) is 5.83. The van der Waals surface area contributed by atoms with Crippen LogP contribution in [0.4, 0.5) is 10.1 Å². The molecule has 1 fully saturated rings. The van der Waals surface area contributed by atoms with Crippen LogP contribution in [0, 0.1) is 17.7 Å². The molecule has 0 N–H and O–H groups in total. The van der Waals surface area contributed by atoms with Gasteiger partial charge in [0.05, 0.1) is 17.9 Å². The van der Waals surface area contributed by atoms with Gasteiger partial charge in [-0.05, 0) is 60.6 Å². The van der Waals surface area contributed by atoms with Crippen molar-refractivity contribution in [3.63, 3.8) is 0 Å². The van der Waals surface area contributed by atoms with Gasteiger partial charge < -0.3 is 9.64 Å². The summed E-state index contributed by atoms with van der Waals surface area (Å²) in [6.45, 7) is 8.34. The number of halogens is 1. The monoisotopic (exact) mass is 436 g/mol. The van der Waals surface area contributed by atoms with E-state index in [9.17, 15) is 14.0 Å². The van der Waals surface area contributed by atoms with Crippen LogP contribution in [0.15, 0.2) is 54.2 Å². The number of piperidine rings is 1. The summed E-state index contributed by atoms with van der Waals surface area (Å²) in [5.41, 5.74) is 1.67. The highest BCUT2D eigenvalue weighted by Gasteiger charge is 2.43. The van der Waals surface area contributed by atoms with Crippen LogP contribution in [0.2, 0.25) is 0 Å². The van der Waals surface area contributed by atoms with Crippen molar-refractivity contribution in [2.24, 2.45) is 11.8 Å². The smallest absolute Gasteiger partial charge is 0.282 e. The van der Waals surface area contributed by atoms with Gasteiger partial charge in [0.15, 0.2) is 0 Å². The Hall–Kier alpha value is -3.15. The van der Waals surface area contributed by atoms with E-state index < -0.39 is 17.6 Å². The average Bonchev–Trinajstić information content (AvgIpc) is 3.02. The third-order valence-corrected chi connectivity index (χ3v) is 5.83. The molecule has 0 aromatic heterocycles. The molecule has 32 heavy (non-hydrogen) atoms. The zero-order valence-corrected chi connectivity index (χ0v) is 18.8. The van der Waals surface area contributed by atoms with Crippen LogP contribution in [0.3, 0.4) is 0 Å². The van der Waals surface area contributed by atoms with Gasteiger partial charge in [0, 0.05) is 13.1 Å². The minimum absolute atomic E-state index is 0.245. The summed E-state index contributed by atoms with van der Waals surface area (Å²) in [5, 5.41) is 0. The molecule has 2 aliphatic rings. The maximum absolute atomic E-state index is 13.9. The maximum Gasteiger partial charge on any atom is 0.282 e. The van der Waals surface area contributed by atoms with Crippen molar-refractivity contribution < 1.29 is 18.7 Å². The first-order valence-corrected chi connectivity index (χ1v) is 11.2. The Morgan fingerprint density at radius 1 is 1.09 bits per heavy atom.